The summed E-state index contributed by atoms with van der Waals surface area (Å²) in [5.41, 5.74) is 0.336. The second-order valence-electron chi connectivity index (χ2n) is 6.18. The van der Waals surface area contributed by atoms with Gasteiger partial charge in [-0.2, -0.15) is 0 Å². The average Bonchev–Trinajstić information content (AvgIpc) is 3.38. The fourth-order valence-electron chi connectivity index (χ4n) is 3.23. The molecule has 2 aromatic heterocycles. The SMILES string of the molecule is O=C(c1cn(-c2cccc(Cl)c2F)nn1)N1CCC[C@@H]1Cn1ccnc1. The molecule has 0 aliphatic carbocycles. The third-order valence-electron chi connectivity index (χ3n) is 4.51. The number of imidazole rings is 1. The van der Waals surface area contributed by atoms with Gasteiger partial charge in [-0.05, 0) is 25.0 Å². The fourth-order valence-corrected chi connectivity index (χ4v) is 3.40. The van der Waals surface area contributed by atoms with Crippen LogP contribution in [-0.2, 0) is 6.54 Å². The first-order chi connectivity index (χ1) is 12.6. The summed E-state index contributed by atoms with van der Waals surface area (Å²) in [6, 6.07) is 4.67. The van der Waals surface area contributed by atoms with Crippen LogP contribution in [0.4, 0.5) is 4.39 Å². The minimum absolute atomic E-state index is 0.00850. The summed E-state index contributed by atoms with van der Waals surface area (Å²) in [4.78, 5) is 18.7. The van der Waals surface area contributed by atoms with E-state index in [2.05, 4.69) is 15.3 Å². The predicted molar refractivity (Wildman–Crippen MR) is 92.6 cm³/mol. The second-order valence-corrected chi connectivity index (χ2v) is 6.58. The van der Waals surface area contributed by atoms with Crippen LogP contribution in [0.5, 0.6) is 0 Å². The van der Waals surface area contributed by atoms with E-state index < -0.39 is 5.82 Å². The molecule has 1 saturated heterocycles. The lowest BCUT2D eigenvalue weighted by Gasteiger charge is -2.24. The van der Waals surface area contributed by atoms with Crippen LogP contribution in [0.1, 0.15) is 23.3 Å². The highest BCUT2D eigenvalue weighted by Crippen LogP contribution is 2.23. The van der Waals surface area contributed by atoms with Crippen molar-refractivity contribution in [3.05, 3.63) is 59.7 Å². The molecule has 1 aromatic carbocycles. The minimum Gasteiger partial charge on any atom is -0.335 e. The number of halogens is 2. The van der Waals surface area contributed by atoms with Crippen molar-refractivity contribution in [1.82, 2.24) is 29.4 Å². The molecule has 1 amide bonds. The van der Waals surface area contributed by atoms with Gasteiger partial charge < -0.3 is 9.47 Å². The topological polar surface area (TPSA) is 68.8 Å². The average molecular weight is 375 g/mol. The number of carbonyl (C=O) groups is 1. The van der Waals surface area contributed by atoms with Crippen molar-refractivity contribution in [3.63, 3.8) is 0 Å². The monoisotopic (exact) mass is 374 g/mol. The lowest BCUT2D eigenvalue weighted by atomic mass is 10.2. The zero-order chi connectivity index (χ0) is 18.1. The van der Waals surface area contributed by atoms with Crippen molar-refractivity contribution in [2.24, 2.45) is 0 Å². The Morgan fingerprint density at radius 3 is 3.08 bits per heavy atom. The lowest BCUT2D eigenvalue weighted by Crippen LogP contribution is -2.38. The molecule has 4 rings (SSSR count). The fraction of sp³-hybridized carbons (Fsp3) is 0.294. The number of amides is 1. The van der Waals surface area contributed by atoms with E-state index in [1.54, 1.807) is 23.5 Å². The number of hydrogen-bond acceptors (Lipinski definition) is 4. The number of aromatic nitrogens is 5. The normalized spacial score (nSPS) is 17.0. The van der Waals surface area contributed by atoms with Crippen molar-refractivity contribution >= 4 is 17.5 Å². The Balaban J connectivity index is 1.55. The first-order valence-corrected chi connectivity index (χ1v) is 8.65. The Bertz CT molecular complexity index is 925. The third kappa shape index (κ3) is 3.08. The molecular weight excluding hydrogens is 359 g/mol. The van der Waals surface area contributed by atoms with E-state index >= 15 is 0 Å². The van der Waals surface area contributed by atoms with Crippen LogP contribution in [0.15, 0.2) is 43.1 Å². The Morgan fingerprint density at radius 1 is 1.38 bits per heavy atom. The molecule has 0 N–H and O–H groups in total. The number of rotatable bonds is 4. The van der Waals surface area contributed by atoms with E-state index in [1.807, 2.05) is 10.8 Å². The zero-order valence-corrected chi connectivity index (χ0v) is 14.6. The first-order valence-electron chi connectivity index (χ1n) is 8.27. The van der Waals surface area contributed by atoms with Crippen molar-refractivity contribution in [3.8, 4) is 5.69 Å². The van der Waals surface area contributed by atoms with Crippen molar-refractivity contribution in [1.29, 1.82) is 0 Å². The summed E-state index contributed by atoms with van der Waals surface area (Å²) in [5.74, 6) is -0.807. The van der Waals surface area contributed by atoms with Gasteiger partial charge in [0.2, 0.25) is 0 Å². The van der Waals surface area contributed by atoms with Gasteiger partial charge in [0.15, 0.2) is 11.5 Å². The summed E-state index contributed by atoms with van der Waals surface area (Å²) < 4.78 is 17.3. The van der Waals surface area contributed by atoms with Crippen LogP contribution >= 0.6 is 11.6 Å². The van der Waals surface area contributed by atoms with E-state index in [-0.39, 0.29) is 28.4 Å². The van der Waals surface area contributed by atoms with Gasteiger partial charge in [0.1, 0.15) is 5.69 Å². The molecule has 1 atom stereocenters. The lowest BCUT2D eigenvalue weighted by molar-refractivity contribution is 0.0718. The molecule has 0 unspecified atom stereocenters. The molecule has 0 bridgehead atoms. The van der Waals surface area contributed by atoms with E-state index in [9.17, 15) is 9.18 Å². The molecule has 1 aliphatic heterocycles. The second kappa shape index (κ2) is 6.87. The molecule has 3 heterocycles. The summed E-state index contributed by atoms with van der Waals surface area (Å²) in [5, 5.41) is 7.81. The van der Waals surface area contributed by atoms with Gasteiger partial charge in [0.05, 0.1) is 23.6 Å². The van der Waals surface area contributed by atoms with Crippen LogP contribution in [0.25, 0.3) is 5.69 Å². The van der Waals surface area contributed by atoms with Crippen molar-refractivity contribution in [2.75, 3.05) is 6.54 Å². The predicted octanol–water partition coefficient (Wildman–Crippen LogP) is 2.56. The Hall–Kier alpha value is -2.74. The molecule has 0 spiro atoms. The van der Waals surface area contributed by atoms with Crippen molar-refractivity contribution < 1.29 is 9.18 Å². The van der Waals surface area contributed by atoms with Gasteiger partial charge in [0.25, 0.3) is 5.91 Å². The molecule has 134 valence electrons. The highest BCUT2D eigenvalue weighted by atomic mass is 35.5. The molecule has 1 aliphatic rings. The maximum absolute atomic E-state index is 14.1. The molecule has 9 heteroatoms. The van der Waals surface area contributed by atoms with Gasteiger partial charge in [-0.25, -0.2) is 14.1 Å². The van der Waals surface area contributed by atoms with Crippen LogP contribution in [0.3, 0.4) is 0 Å². The van der Waals surface area contributed by atoms with E-state index in [0.29, 0.717) is 13.1 Å². The van der Waals surface area contributed by atoms with Crippen LogP contribution in [0.2, 0.25) is 5.02 Å². The molecule has 3 aromatic rings. The standard InChI is InChI=1S/C17H16ClFN6O/c18-13-4-1-5-15(16(13)19)25-10-14(21-22-25)17(26)24-7-2-3-12(24)9-23-8-6-20-11-23/h1,4-6,8,10-12H,2-3,7,9H2/t12-/m1/s1. The Morgan fingerprint density at radius 2 is 2.27 bits per heavy atom. The van der Waals surface area contributed by atoms with Crippen LogP contribution < -0.4 is 0 Å². The summed E-state index contributed by atoms with van der Waals surface area (Å²) in [6.45, 7) is 1.35. The Kier molecular flexibility index (Phi) is 4.42. The molecule has 7 nitrogen and oxygen atoms in total. The number of nitrogens with zero attached hydrogens (tertiary/aromatic N) is 6. The van der Waals surface area contributed by atoms with E-state index in [4.69, 9.17) is 11.6 Å². The molecule has 26 heavy (non-hydrogen) atoms. The summed E-state index contributed by atoms with van der Waals surface area (Å²) >= 11 is 5.80. The summed E-state index contributed by atoms with van der Waals surface area (Å²) in [7, 11) is 0. The minimum atomic E-state index is -0.600. The number of benzene rings is 1. The number of carbonyl (C=O) groups excluding carboxylic acids is 1. The molecule has 0 saturated carbocycles. The van der Waals surface area contributed by atoms with Crippen LogP contribution in [-0.4, -0.2) is 47.9 Å². The quantitative estimate of drug-likeness (QED) is 0.703. The van der Waals surface area contributed by atoms with Gasteiger partial charge in [-0.15, -0.1) is 5.10 Å². The zero-order valence-electron chi connectivity index (χ0n) is 13.8. The Labute approximate surface area is 154 Å². The molecule has 1 fully saturated rings. The number of likely N-dealkylation sites (tertiary alicyclic amines) is 1. The smallest absolute Gasteiger partial charge is 0.276 e. The summed E-state index contributed by atoms with van der Waals surface area (Å²) in [6.07, 6.45) is 8.61. The first kappa shape index (κ1) is 16.7. The van der Waals surface area contributed by atoms with Gasteiger partial charge >= 0.3 is 0 Å². The highest BCUT2D eigenvalue weighted by Gasteiger charge is 2.31. The maximum atomic E-state index is 14.1. The van der Waals surface area contributed by atoms with Crippen LogP contribution in [0, 0.1) is 5.82 Å². The molecule has 0 radical (unpaired) electrons. The maximum Gasteiger partial charge on any atom is 0.276 e. The third-order valence-corrected chi connectivity index (χ3v) is 4.80. The van der Waals surface area contributed by atoms with Gasteiger partial charge in [0, 0.05) is 25.5 Å². The molecular formula is C17H16ClFN6O. The number of hydrogen-bond donors (Lipinski definition) is 0. The highest BCUT2D eigenvalue weighted by molar-refractivity contribution is 6.30. The van der Waals surface area contributed by atoms with E-state index in [0.717, 1.165) is 12.8 Å². The van der Waals surface area contributed by atoms with Gasteiger partial charge in [-0.1, -0.05) is 22.9 Å². The van der Waals surface area contributed by atoms with Crippen molar-refractivity contribution in [2.45, 2.75) is 25.4 Å². The largest absolute Gasteiger partial charge is 0.335 e. The van der Waals surface area contributed by atoms with Gasteiger partial charge in [-0.3, -0.25) is 4.79 Å². The van der Waals surface area contributed by atoms with E-state index in [1.165, 1.54) is 23.0 Å².